The molecule has 0 aliphatic carbocycles. The first kappa shape index (κ1) is 20.2. The Morgan fingerprint density at radius 2 is 2.16 bits per heavy atom. The van der Waals surface area contributed by atoms with E-state index in [0.717, 1.165) is 12.0 Å². The number of nitrogens with one attached hydrogen (secondary N) is 1. The van der Waals surface area contributed by atoms with Gasteiger partial charge in [0, 0.05) is 11.1 Å². The SMILES string of the molecule is CCCOc1ccc(-c2c(C(=O)N/N=C\c3ccsc3)nnn2-c2nonc2N)cc1. The lowest BCUT2D eigenvalue weighted by Crippen LogP contribution is -2.19. The van der Waals surface area contributed by atoms with Crippen LogP contribution < -0.4 is 15.9 Å². The van der Waals surface area contributed by atoms with Gasteiger partial charge in [-0.05, 0) is 57.8 Å². The predicted molar refractivity (Wildman–Crippen MR) is 114 cm³/mol. The minimum atomic E-state index is -0.547. The van der Waals surface area contributed by atoms with Gasteiger partial charge in [0.15, 0.2) is 5.69 Å². The van der Waals surface area contributed by atoms with Crippen LogP contribution in [0, 0.1) is 0 Å². The molecule has 0 fully saturated rings. The minimum absolute atomic E-state index is 0.0106. The van der Waals surface area contributed by atoms with Crippen molar-refractivity contribution < 1.29 is 14.2 Å². The number of amides is 1. The fourth-order valence-corrected chi connectivity index (χ4v) is 3.29. The highest BCUT2D eigenvalue weighted by atomic mass is 32.1. The average molecular weight is 438 g/mol. The van der Waals surface area contributed by atoms with Gasteiger partial charge in [0.2, 0.25) is 11.6 Å². The number of carbonyl (C=O) groups is 1. The summed E-state index contributed by atoms with van der Waals surface area (Å²) in [4.78, 5) is 12.8. The van der Waals surface area contributed by atoms with Crippen molar-refractivity contribution in [1.82, 2.24) is 30.7 Å². The van der Waals surface area contributed by atoms with E-state index in [1.54, 1.807) is 24.3 Å². The number of nitrogens with two attached hydrogens (primary N) is 1. The van der Waals surface area contributed by atoms with Crippen LogP contribution in [0.4, 0.5) is 5.82 Å². The molecule has 0 unspecified atom stereocenters. The molecule has 0 atom stereocenters. The number of hydrogen-bond acceptors (Lipinski definition) is 10. The molecule has 11 nitrogen and oxygen atoms in total. The zero-order valence-electron chi connectivity index (χ0n) is 16.4. The monoisotopic (exact) mass is 438 g/mol. The lowest BCUT2D eigenvalue weighted by atomic mass is 10.1. The van der Waals surface area contributed by atoms with Crippen LogP contribution in [0.25, 0.3) is 17.1 Å². The van der Waals surface area contributed by atoms with Gasteiger partial charge in [0.25, 0.3) is 5.91 Å². The van der Waals surface area contributed by atoms with E-state index in [1.165, 1.54) is 22.2 Å². The molecule has 0 saturated carbocycles. The molecule has 0 radical (unpaired) electrons. The average Bonchev–Trinajstić information content (AvgIpc) is 3.53. The fourth-order valence-electron chi connectivity index (χ4n) is 2.68. The highest BCUT2D eigenvalue weighted by Gasteiger charge is 2.25. The number of hydrogen-bond donors (Lipinski definition) is 2. The van der Waals surface area contributed by atoms with Gasteiger partial charge in [-0.2, -0.15) is 21.1 Å². The molecule has 0 aliphatic rings. The first-order chi connectivity index (χ1) is 15.2. The maximum Gasteiger partial charge on any atom is 0.294 e. The summed E-state index contributed by atoms with van der Waals surface area (Å²) >= 11 is 1.53. The van der Waals surface area contributed by atoms with Crippen LogP contribution in [0.2, 0.25) is 0 Å². The molecule has 3 heterocycles. The van der Waals surface area contributed by atoms with Gasteiger partial charge in [-0.1, -0.05) is 12.1 Å². The quantitative estimate of drug-likeness (QED) is 0.315. The van der Waals surface area contributed by atoms with Crippen LogP contribution in [0.3, 0.4) is 0 Å². The smallest absolute Gasteiger partial charge is 0.294 e. The number of ether oxygens (including phenoxy) is 1. The molecule has 4 aromatic rings. The zero-order chi connectivity index (χ0) is 21.6. The summed E-state index contributed by atoms with van der Waals surface area (Å²) in [5.74, 6) is 0.291. The largest absolute Gasteiger partial charge is 0.494 e. The number of thiophene rings is 1. The van der Waals surface area contributed by atoms with Crippen LogP contribution >= 0.6 is 11.3 Å². The highest BCUT2D eigenvalue weighted by Crippen LogP contribution is 2.28. The Morgan fingerprint density at radius 1 is 1.32 bits per heavy atom. The van der Waals surface area contributed by atoms with Gasteiger partial charge in [-0.3, -0.25) is 4.79 Å². The van der Waals surface area contributed by atoms with Gasteiger partial charge in [-0.15, -0.1) is 5.10 Å². The number of hydrazone groups is 1. The lowest BCUT2D eigenvalue weighted by molar-refractivity contribution is 0.0950. The molecule has 1 amide bonds. The van der Waals surface area contributed by atoms with Gasteiger partial charge < -0.3 is 10.5 Å². The highest BCUT2D eigenvalue weighted by molar-refractivity contribution is 7.08. The normalized spacial score (nSPS) is 11.1. The molecule has 0 aliphatic heterocycles. The van der Waals surface area contributed by atoms with Gasteiger partial charge >= 0.3 is 0 Å². The lowest BCUT2D eigenvalue weighted by Gasteiger charge is -2.08. The van der Waals surface area contributed by atoms with E-state index >= 15 is 0 Å². The predicted octanol–water partition coefficient (Wildman–Crippen LogP) is 2.51. The second-order valence-electron chi connectivity index (χ2n) is 6.30. The zero-order valence-corrected chi connectivity index (χ0v) is 17.2. The van der Waals surface area contributed by atoms with Crippen molar-refractivity contribution in [3.63, 3.8) is 0 Å². The van der Waals surface area contributed by atoms with Crippen molar-refractivity contribution >= 4 is 29.3 Å². The molecule has 1 aromatic carbocycles. The first-order valence-electron chi connectivity index (χ1n) is 9.30. The van der Waals surface area contributed by atoms with E-state index in [4.69, 9.17) is 10.5 Å². The molecule has 31 heavy (non-hydrogen) atoms. The van der Waals surface area contributed by atoms with Gasteiger partial charge in [0.1, 0.15) is 11.4 Å². The van der Waals surface area contributed by atoms with E-state index in [-0.39, 0.29) is 17.3 Å². The van der Waals surface area contributed by atoms with Gasteiger partial charge in [-0.25, -0.2) is 10.1 Å². The number of carbonyl (C=O) groups excluding carboxylic acids is 1. The van der Waals surface area contributed by atoms with Crippen molar-refractivity contribution in [2.24, 2.45) is 5.10 Å². The van der Waals surface area contributed by atoms with E-state index in [9.17, 15) is 4.79 Å². The molecule has 158 valence electrons. The number of nitrogen functional groups attached to an aromatic ring is 1. The summed E-state index contributed by atoms with van der Waals surface area (Å²) in [6.45, 7) is 2.64. The number of anilines is 1. The molecule has 4 rings (SSSR count). The Hall–Kier alpha value is -4.06. The van der Waals surface area contributed by atoms with E-state index < -0.39 is 5.91 Å². The number of aromatic nitrogens is 5. The summed E-state index contributed by atoms with van der Waals surface area (Å²) in [5, 5.41) is 23.2. The minimum Gasteiger partial charge on any atom is -0.494 e. The van der Waals surface area contributed by atoms with Crippen LogP contribution in [-0.4, -0.2) is 44.0 Å². The molecule has 0 bridgehead atoms. The summed E-state index contributed by atoms with van der Waals surface area (Å²) in [6.07, 6.45) is 2.44. The summed E-state index contributed by atoms with van der Waals surface area (Å²) < 4.78 is 11.6. The Labute approximate surface area is 180 Å². The third-order valence-electron chi connectivity index (χ3n) is 4.11. The van der Waals surface area contributed by atoms with Crippen LogP contribution in [0.5, 0.6) is 5.75 Å². The van der Waals surface area contributed by atoms with Crippen LogP contribution in [0.15, 0.2) is 50.8 Å². The number of rotatable bonds is 8. The van der Waals surface area contributed by atoms with Crippen molar-refractivity contribution in [2.45, 2.75) is 13.3 Å². The molecule has 0 saturated heterocycles. The van der Waals surface area contributed by atoms with Gasteiger partial charge in [0.05, 0.1) is 12.8 Å². The standard InChI is InChI=1S/C19H18N8O3S/c1-2-8-29-14-5-3-13(4-6-14)16-15(19(28)23-21-10-12-7-9-31-11-12)22-26-27(16)18-17(20)24-30-25-18/h3-7,9-11H,2,8H2,1H3,(H2,20,24)(H,23,28)/b21-10-. The Kier molecular flexibility index (Phi) is 5.98. The molecule has 3 N–H and O–H groups in total. The molecule has 3 aromatic heterocycles. The topological polar surface area (TPSA) is 146 Å². The summed E-state index contributed by atoms with van der Waals surface area (Å²) in [5.41, 5.74) is 10.2. The van der Waals surface area contributed by atoms with Crippen molar-refractivity contribution in [3.05, 3.63) is 52.3 Å². The van der Waals surface area contributed by atoms with E-state index in [1.807, 2.05) is 23.8 Å². The fraction of sp³-hybridized carbons (Fsp3) is 0.158. The number of nitrogens with zero attached hydrogens (tertiary/aromatic N) is 6. The van der Waals surface area contributed by atoms with Crippen molar-refractivity contribution in [1.29, 1.82) is 0 Å². The second kappa shape index (κ2) is 9.17. The van der Waals surface area contributed by atoms with Crippen LogP contribution in [-0.2, 0) is 0 Å². The molecular formula is C19H18N8O3S. The number of benzene rings is 1. The second-order valence-corrected chi connectivity index (χ2v) is 7.08. The van der Waals surface area contributed by atoms with Crippen molar-refractivity contribution in [3.8, 4) is 22.8 Å². The molecule has 0 spiro atoms. The maximum absolute atomic E-state index is 12.8. The Morgan fingerprint density at radius 3 is 2.84 bits per heavy atom. The Balaban J connectivity index is 1.68. The Bertz CT molecular complexity index is 1180. The van der Waals surface area contributed by atoms with E-state index in [2.05, 4.69) is 35.8 Å². The van der Waals surface area contributed by atoms with Crippen LogP contribution in [0.1, 0.15) is 29.4 Å². The first-order valence-corrected chi connectivity index (χ1v) is 10.2. The molecule has 12 heteroatoms. The third kappa shape index (κ3) is 4.43. The van der Waals surface area contributed by atoms with E-state index in [0.29, 0.717) is 23.6 Å². The summed E-state index contributed by atoms with van der Waals surface area (Å²) in [6, 6.07) is 9.04. The third-order valence-corrected chi connectivity index (χ3v) is 4.81. The molecular weight excluding hydrogens is 420 g/mol. The maximum atomic E-state index is 12.8. The van der Waals surface area contributed by atoms with Crippen molar-refractivity contribution in [2.75, 3.05) is 12.3 Å². The summed E-state index contributed by atoms with van der Waals surface area (Å²) in [7, 11) is 0.